The van der Waals surface area contributed by atoms with E-state index in [9.17, 15) is 18.8 Å². The Hall–Kier alpha value is -3.76. The molecule has 0 saturated carbocycles. The van der Waals surface area contributed by atoms with Crippen LogP contribution in [0.1, 0.15) is 12.0 Å². The summed E-state index contributed by atoms with van der Waals surface area (Å²) in [5.74, 6) is -1.32. The van der Waals surface area contributed by atoms with Crippen LogP contribution < -0.4 is 20.9 Å². The minimum absolute atomic E-state index is 0.00141. The summed E-state index contributed by atoms with van der Waals surface area (Å²) in [5, 5.41) is 26.5. The molecule has 34 heavy (non-hydrogen) atoms. The smallest absolute Gasteiger partial charge is 0.405 e. The van der Waals surface area contributed by atoms with Gasteiger partial charge in [-0.05, 0) is 12.5 Å². The molecule has 2 aliphatic rings. The third-order valence-corrected chi connectivity index (χ3v) is 5.48. The van der Waals surface area contributed by atoms with Gasteiger partial charge >= 0.3 is 6.09 Å². The molecule has 11 nitrogen and oxygen atoms in total. The van der Waals surface area contributed by atoms with Gasteiger partial charge in [-0.2, -0.15) is 5.26 Å². The second-order valence-electron chi connectivity index (χ2n) is 7.75. The number of ether oxygens (including phenoxy) is 2. The number of nitrogens with zero attached hydrogens (tertiary/aromatic N) is 4. The zero-order chi connectivity index (χ0) is 24.1. The molecule has 0 radical (unpaired) electrons. The number of nitrogens with one attached hydrogen (secondary N) is 3. The average Bonchev–Trinajstić information content (AvgIpc) is 2.82. The lowest BCUT2D eigenvalue weighted by atomic mass is 10.0. The van der Waals surface area contributed by atoms with E-state index >= 15 is 0 Å². The number of halogens is 2. The monoisotopic (exact) mass is 475 g/mol. The Morgan fingerprint density at radius 2 is 1.94 bits per heavy atom. The van der Waals surface area contributed by atoms with Crippen LogP contribution in [0.25, 0.3) is 0 Å². The van der Waals surface area contributed by atoms with Gasteiger partial charge in [0.1, 0.15) is 6.07 Å². The molecule has 0 aromatic carbocycles. The maximum atomic E-state index is 14.7. The Kier molecular flexibility index (Phi) is 7.19. The summed E-state index contributed by atoms with van der Waals surface area (Å²) >= 11 is 0. The van der Waals surface area contributed by atoms with E-state index in [1.165, 1.54) is 12.3 Å². The van der Waals surface area contributed by atoms with Crippen molar-refractivity contribution in [2.75, 3.05) is 55.1 Å². The number of hydrogen-bond donors (Lipinski definition) is 4. The topological polar surface area (TPSA) is 145 Å². The molecule has 2 aromatic rings. The number of hydrogen-bond acceptors (Lipinski definition) is 9. The van der Waals surface area contributed by atoms with Crippen molar-refractivity contribution in [3.63, 3.8) is 0 Å². The molecule has 2 aromatic heterocycles. The van der Waals surface area contributed by atoms with Crippen molar-refractivity contribution in [2.45, 2.75) is 18.5 Å². The highest BCUT2D eigenvalue weighted by molar-refractivity contribution is 5.67. The summed E-state index contributed by atoms with van der Waals surface area (Å²) in [6, 6.07) is 2.98. The summed E-state index contributed by atoms with van der Waals surface area (Å²) in [7, 11) is 0. The predicted molar refractivity (Wildman–Crippen MR) is 117 cm³/mol. The molecule has 180 valence electrons. The first-order chi connectivity index (χ1) is 16.4. The molecular weight excluding hydrogens is 452 g/mol. The molecule has 4 rings (SSSR count). The number of amides is 1. The van der Waals surface area contributed by atoms with Gasteiger partial charge in [0.05, 0.1) is 49.4 Å². The molecular formula is C21H23F2N7O4. The van der Waals surface area contributed by atoms with Gasteiger partial charge in [0.2, 0.25) is 0 Å². The Morgan fingerprint density at radius 3 is 2.65 bits per heavy atom. The second-order valence-corrected chi connectivity index (χ2v) is 7.75. The van der Waals surface area contributed by atoms with Crippen molar-refractivity contribution in [1.82, 2.24) is 15.3 Å². The SMILES string of the molecule is N#Cc1cc(F)c(N[C@@H]2CCOC[C@@H]2NC(=O)O)nc1Nc1cnc(N2CCOCC2)c(F)c1. The number of anilines is 4. The van der Waals surface area contributed by atoms with E-state index in [0.717, 1.165) is 6.07 Å². The van der Waals surface area contributed by atoms with Crippen LogP contribution in [-0.4, -0.2) is 72.8 Å². The van der Waals surface area contributed by atoms with Crippen LogP contribution in [0.2, 0.25) is 0 Å². The Morgan fingerprint density at radius 1 is 1.15 bits per heavy atom. The molecule has 1 amide bonds. The van der Waals surface area contributed by atoms with E-state index in [1.54, 1.807) is 4.90 Å². The van der Waals surface area contributed by atoms with Crippen molar-refractivity contribution < 1.29 is 28.2 Å². The molecule has 0 unspecified atom stereocenters. The van der Waals surface area contributed by atoms with E-state index in [0.29, 0.717) is 39.3 Å². The summed E-state index contributed by atoms with van der Waals surface area (Å²) in [5.41, 5.74) is 0.139. The summed E-state index contributed by atoms with van der Waals surface area (Å²) in [6.07, 6.45) is 0.582. The van der Waals surface area contributed by atoms with Crippen molar-refractivity contribution >= 4 is 29.2 Å². The van der Waals surface area contributed by atoms with Gasteiger partial charge in [-0.3, -0.25) is 0 Å². The number of carbonyl (C=O) groups is 1. The Labute approximate surface area is 193 Å². The fraction of sp³-hybridized carbons (Fsp3) is 0.429. The number of morpholine rings is 1. The van der Waals surface area contributed by atoms with Gasteiger partial charge < -0.3 is 35.4 Å². The highest BCUT2D eigenvalue weighted by Gasteiger charge is 2.28. The van der Waals surface area contributed by atoms with Crippen molar-refractivity contribution in [3.05, 3.63) is 35.5 Å². The van der Waals surface area contributed by atoms with Crippen molar-refractivity contribution in [2.24, 2.45) is 0 Å². The Balaban J connectivity index is 1.55. The minimum atomic E-state index is -1.23. The standard InChI is InChI=1S/C21H23F2N7O4/c22-14-7-12(9-24)18(29-19(14)27-16-1-4-34-11-17(16)28-21(31)32)26-13-8-15(23)20(25-10-13)30-2-5-33-6-3-30/h7-8,10,16-17,28H,1-6,11H2,(H,31,32)(H2,26,27,29)/t16-,17+/m1/s1. The number of nitriles is 1. The lowest BCUT2D eigenvalue weighted by Crippen LogP contribution is -2.52. The molecule has 2 fully saturated rings. The van der Waals surface area contributed by atoms with E-state index < -0.39 is 29.8 Å². The van der Waals surface area contributed by atoms with Gasteiger partial charge in [-0.1, -0.05) is 0 Å². The highest BCUT2D eigenvalue weighted by atomic mass is 19.1. The molecule has 0 bridgehead atoms. The highest BCUT2D eigenvalue weighted by Crippen LogP contribution is 2.27. The first-order valence-electron chi connectivity index (χ1n) is 10.6. The molecule has 4 N–H and O–H groups in total. The molecule has 2 aliphatic heterocycles. The number of rotatable bonds is 6. The number of pyridine rings is 2. The number of carboxylic acid groups (broad SMARTS) is 1. The van der Waals surface area contributed by atoms with Crippen molar-refractivity contribution in [3.8, 4) is 6.07 Å². The predicted octanol–water partition coefficient (Wildman–Crippen LogP) is 2.04. The van der Waals surface area contributed by atoms with E-state index in [2.05, 4.69) is 25.9 Å². The Bertz CT molecular complexity index is 1090. The van der Waals surface area contributed by atoms with E-state index in [-0.39, 0.29) is 35.3 Å². The third-order valence-electron chi connectivity index (χ3n) is 5.48. The van der Waals surface area contributed by atoms with Crippen molar-refractivity contribution in [1.29, 1.82) is 5.26 Å². The van der Waals surface area contributed by atoms with E-state index in [1.807, 2.05) is 6.07 Å². The maximum Gasteiger partial charge on any atom is 0.405 e. The van der Waals surface area contributed by atoms with Crippen LogP contribution in [0.15, 0.2) is 18.3 Å². The van der Waals surface area contributed by atoms with E-state index in [4.69, 9.17) is 14.6 Å². The van der Waals surface area contributed by atoms with Crippen LogP contribution in [0.3, 0.4) is 0 Å². The minimum Gasteiger partial charge on any atom is -0.465 e. The second kappa shape index (κ2) is 10.4. The quantitative estimate of drug-likeness (QED) is 0.490. The van der Waals surface area contributed by atoms with Gasteiger partial charge in [0, 0.05) is 25.8 Å². The fourth-order valence-electron chi connectivity index (χ4n) is 3.80. The lowest BCUT2D eigenvalue weighted by Gasteiger charge is -2.32. The first-order valence-corrected chi connectivity index (χ1v) is 10.6. The molecule has 0 spiro atoms. The van der Waals surface area contributed by atoms with Gasteiger partial charge in [-0.25, -0.2) is 23.5 Å². The van der Waals surface area contributed by atoms with Crippen LogP contribution in [-0.2, 0) is 9.47 Å². The van der Waals surface area contributed by atoms with Crippen LogP contribution in [0, 0.1) is 23.0 Å². The summed E-state index contributed by atoms with van der Waals surface area (Å²) in [4.78, 5) is 21.2. The molecule has 2 saturated heterocycles. The first kappa shape index (κ1) is 23.4. The molecule has 13 heteroatoms. The summed E-state index contributed by atoms with van der Waals surface area (Å²) < 4.78 is 39.9. The normalized spacial score (nSPS) is 20.3. The molecule has 0 aliphatic carbocycles. The molecule has 2 atom stereocenters. The van der Waals surface area contributed by atoms with Crippen LogP contribution in [0.5, 0.6) is 0 Å². The van der Waals surface area contributed by atoms with Gasteiger partial charge in [0.15, 0.2) is 29.1 Å². The fourth-order valence-corrected chi connectivity index (χ4v) is 3.80. The number of aromatic nitrogens is 2. The van der Waals surface area contributed by atoms with Crippen LogP contribution >= 0.6 is 0 Å². The lowest BCUT2D eigenvalue weighted by molar-refractivity contribution is 0.0625. The largest absolute Gasteiger partial charge is 0.465 e. The summed E-state index contributed by atoms with van der Waals surface area (Å²) in [6.45, 7) is 2.49. The third kappa shape index (κ3) is 5.41. The van der Waals surface area contributed by atoms with Crippen LogP contribution in [0.4, 0.5) is 36.7 Å². The zero-order valence-corrected chi connectivity index (χ0v) is 18.1. The average molecular weight is 475 g/mol. The zero-order valence-electron chi connectivity index (χ0n) is 18.1. The van der Waals surface area contributed by atoms with Gasteiger partial charge in [-0.15, -0.1) is 0 Å². The van der Waals surface area contributed by atoms with Gasteiger partial charge in [0.25, 0.3) is 0 Å². The molecule has 4 heterocycles. The maximum absolute atomic E-state index is 14.7.